The molecule has 0 aliphatic carbocycles. The first-order chi connectivity index (χ1) is 7.16. The van der Waals surface area contributed by atoms with Crippen LogP contribution in [0.15, 0.2) is 16.8 Å². The van der Waals surface area contributed by atoms with Gasteiger partial charge in [-0.25, -0.2) is 0 Å². The van der Waals surface area contributed by atoms with Crippen LogP contribution in [0.3, 0.4) is 0 Å². The van der Waals surface area contributed by atoms with Crippen molar-refractivity contribution >= 4 is 17.3 Å². The SMILES string of the molecule is CC(C(=O)O)C1CN(Cc2ccsc2)C1. The molecule has 0 spiro atoms. The summed E-state index contributed by atoms with van der Waals surface area (Å²) in [7, 11) is 0. The molecule has 1 unspecified atom stereocenters. The fourth-order valence-electron chi connectivity index (χ4n) is 1.90. The van der Waals surface area contributed by atoms with Crippen molar-refractivity contribution < 1.29 is 9.90 Å². The Hall–Kier alpha value is -0.870. The fraction of sp³-hybridized carbons (Fsp3) is 0.545. The van der Waals surface area contributed by atoms with Crippen LogP contribution in [0, 0.1) is 11.8 Å². The van der Waals surface area contributed by atoms with Gasteiger partial charge in [0.15, 0.2) is 0 Å². The lowest BCUT2D eigenvalue weighted by molar-refractivity contribution is -0.145. The third-order valence-electron chi connectivity index (χ3n) is 3.07. The monoisotopic (exact) mass is 225 g/mol. The molecule has 0 amide bonds. The van der Waals surface area contributed by atoms with E-state index in [9.17, 15) is 4.79 Å². The van der Waals surface area contributed by atoms with Crippen molar-refractivity contribution in [3.8, 4) is 0 Å². The predicted octanol–water partition coefficient (Wildman–Crippen LogP) is 1.90. The molecular formula is C11H15NO2S. The average Bonchev–Trinajstić information content (AvgIpc) is 2.61. The first-order valence-electron chi connectivity index (χ1n) is 5.13. The second kappa shape index (κ2) is 4.33. The predicted molar refractivity (Wildman–Crippen MR) is 59.9 cm³/mol. The molecule has 0 bridgehead atoms. The molecule has 1 aromatic heterocycles. The maximum atomic E-state index is 10.7. The number of carboxylic acids is 1. The number of carbonyl (C=O) groups is 1. The van der Waals surface area contributed by atoms with Crippen molar-refractivity contribution in [2.24, 2.45) is 11.8 Å². The summed E-state index contributed by atoms with van der Waals surface area (Å²) in [6.07, 6.45) is 0. The van der Waals surface area contributed by atoms with Crippen molar-refractivity contribution in [2.75, 3.05) is 13.1 Å². The Balaban J connectivity index is 1.76. The van der Waals surface area contributed by atoms with E-state index in [0.29, 0.717) is 5.92 Å². The maximum absolute atomic E-state index is 10.7. The number of thiophene rings is 1. The highest BCUT2D eigenvalue weighted by atomic mass is 32.1. The van der Waals surface area contributed by atoms with Crippen LogP contribution in [-0.4, -0.2) is 29.1 Å². The zero-order chi connectivity index (χ0) is 10.8. The second-order valence-electron chi connectivity index (χ2n) is 4.21. The number of likely N-dealkylation sites (tertiary alicyclic amines) is 1. The molecule has 1 aliphatic heterocycles. The molecule has 4 heteroatoms. The van der Waals surface area contributed by atoms with E-state index >= 15 is 0 Å². The molecule has 1 aliphatic rings. The van der Waals surface area contributed by atoms with Crippen molar-refractivity contribution in [1.29, 1.82) is 0 Å². The molecule has 3 nitrogen and oxygen atoms in total. The zero-order valence-electron chi connectivity index (χ0n) is 8.72. The van der Waals surface area contributed by atoms with E-state index in [2.05, 4.69) is 21.7 Å². The summed E-state index contributed by atoms with van der Waals surface area (Å²) in [5.41, 5.74) is 1.33. The van der Waals surface area contributed by atoms with E-state index in [4.69, 9.17) is 5.11 Å². The fourth-order valence-corrected chi connectivity index (χ4v) is 2.56. The zero-order valence-corrected chi connectivity index (χ0v) is 9.54. The summed E-state index contributed by atoms with van der Waals surface area (Å²) < 4.78 is 0. The Morgan fingerprint density at radius 3 is 3.00 bits per heavy atom. The summed E-state index contributed by atoms with van der Waals surface area (Å²) in [4.78, 5) is 13.0. The lowest BCUT2D eigenvalue weighted by Crippen LogP contribution is -2.50. The molecule has 2 heterocycles. The largest absolute Gasteiger partial charge is 0.481 e. The van der Waals surface area contributed by atoms with Gasteiger partial charge in [-0.15, -0.1) is 0 Å². The maximum Gasteiger partial charge on any atom is 0.306 e. The molecule has 82 valence electrons. The summed E-state index contributed by atoms with van der Waals surface area (Å²) >= 11 is 1.71. The first kappa shape index (κ1) is 10.6. The summed E-state index contributed by atoms with van der Waals surface area (Å²) in [5.74, 6) is -0.542. The third kappa shape index (κ3) is 2.38. The Bertz CT molecular complexity index is 330. The van der Waals surface area contributed by atoms with Crippen LogP contribution < -0.4 is 0 Å². The van der Waals surface area contributed by atoms with Gasteiger partial charge in [0.05, 0.1) is 5.92 Å². The third-order valence-corrected chi connectivity index (χ3v) is 3.80. The van der Waals surface area contributed by atoms with Gasteiger partial charge in [0.2, 0.25) is 0 Å². The van der Waals surface area contributed by atoms with Crippen LogP contribution in [0.25, 0.3) is 0 Å². The van der Waals surface area contributed by atoms with Crippen LogP contribution >= 0.6 is 11.3 Å². The van der Waals surface area contributed by atoms with E-state index in [0.717, 1.165) is 19.6 Å². The normalized spacial score (nSPS) is 19.8. The molecular weight excluding hydrogens is 210 g/mol. The highest BCUT2D eigenvalue weighted by molar-refractivity contribution is 7.07. The quantitative estimate of drug-likeness (QED) is 0.850. The van der Waals surface area contributed by atoms with Crippen LogP contribution in [0.2, 0.25) is 0 Å². The van der Waals surface area contributed by atoms with Gasteiger partial charge in [-0.2, -0.15) is 11.3 Å². The summed E-state index contributed by atoms with van der Waals surface area (Å²) in [6.45, 7) is 4.61. The molecule has 0 radical (unpaired) electrons. The van der Waals surface area contributed by atoms with Gasteiger partial charge < -0.3 is 5.11 Å². The molecule has 1 atom stereocenters. The van der Waals surface area contributed by atoms with Gasteiger partial charge in [0.1, 0.15) is 0 Å². The van der Waals surface area contributed by atoms with Gasteiger partial charge in [0.25, 0.3) is 0 Å². The Morgan fingerprint density at radius 1 is 1.73 bits per heavy atom. The van der Waals surface area contributed by atoms with E-state index in [1.165, 1.54) is 5.56 Å². The lowest BCUT2D eigenvalue weighted by atomic mass is 9.87. The van der Waals surface area contributed by atoms with Gasteiger partial charge in [0, 0.05) is 19.6 Å². The smallest absolute Gasteiger partial charge is 0.306 e. The Kier molecular flexibility index (Phi) is 3.07. The summed E-state index contributed by atoms with van der Waals surface area (Å²) in [5, 5.41) is 13.1. The molecule has 1 aromatic rings. The topological polar surface area (TPSA) is 40.5 Å². The second-order valence-corrected chi connectivity index (χ2v) is 4.99. The highest BCUT2D eigenvalue weighted by Crippen LogP contribution is 2.25. The van der Waals surface area contributed by atoms with Crippen LogP contribution in [0.5, 0.6) is 0 Å². The molecule has 0 aromatic carbocycles. The highest BCUT2D eigenvalue weighted by Gasteiger charge is 2.34. The first-order valence-corrected chi connectivity index (χ1v) is 6.07. The number of carboxylic acid groups (broad SMARTS) is 1. The van der Waals surface area contributed by atoms with Crippen molar-refractivity contribution in [1.82, 2.24) is 4.90 Å². The number of nitrogens with zero attached hydrogens (tertiary/aromatic N) is 1. The van der Waals surface area contributed by atoms with Crippen LogP contribution in [0.4, 0.5) is 0 Å². The van der Waals surface area contributed by atoms with Crippen molar-refractivity contribution in [3.63, 3.8) is 0 Å². The minimum absolute atomic E-state index is 0.205. The molecule has 1 fully saturated rings. The number of rotatable bonds is 4. The number of hydrogen-bond acceptors (Lipinski definition) is 3. The van der Waals surface area contributed by atoms with E-state index in [1.54, 1.807) is 18.3 Å². The van der Waals surface area contributed by atoms with Crippen molar-refractivity contribution in [2.45, 2.75) is 13.5 Å². The van der Waals surface area contributed by atoms with E-state index in [1.807, 2.05) is 0 Å². The standard InChI is InChI=1S/C11H15NO2S/c1-8(11(13)14)10-5-12(6-10)4-9-2-3-15-7-9/h2-3,7-8,10H,4-6H2,1H3,(H,13,14). The van der Waals surface area contributed by atoms with E-state index < -0.39 is 5.97 Å². The van der Waals surface area contributed by atoms with Gasteiger partial charge >= 0.3 is 5.97 Å². The van der Waals surface area contributed by atoms with E-state index in [-0.39, 0.29) is 5.92 Å². The molecule has 1 N–H and O–H groups in total. The van der Waals surface area contributed by atoms with Crippen molar-refractivity contribution in [3.05, 3.63) is 22.4 Å². The molecule has 0 saturated carbocycles. The molecule has 2 rings (SSSR count). The van der Waals surface area contributed by atoms with Gasteiger partial charge in [-0.1, -0.05) is 6.92 Å². The minimum Gasteiger partial charge on any atom is -0.481 e. The Morgan fingerprint density at radius 2 is 2.47 bits per heavy atom. The van der Waals surface area contributed by atoms with Gasteiger partial charge in [-0.3, -0.25) is 9.69 Å². The molecule has 15 heavy (non-hydrogen) atoms. The van der Waals surface area contributed by atoms with Crippen LogP contribution in [0.1, 0.15) is 12.5 Å². The molecule has 1 saturated heterocycles. The lowest BCUT2D eigenvalue weighted by Gasteiger charge is -2.41. The average molecular weight is 225 g/mol. The number of hydrogen-bond donors (Lipinski definition) is 1. The summed E-state index contributed by atoms with van der Waals surface area (Å²) in [6, 6.07) is 2.12. The number of aliphatic carboxylic acids is 1. The minimum atomic E-state index is -0.671. The van der Waals surface area contributed by atoms with Gasteiger partial charge in [-0.05, 0) is 28.3 Å². The Labute approximate surface area is 93.3 Å². The van der Waals surface area contributed by atoms with Crippen LogP contribution in [-0.2, 0) is 11.3 Å².